The molecule has 1 rings (SSSR count). The molecule has 0 aromatic heterocycles. The Bertz CT molecular complexity index is 535. The molecule has 0 aliphatic carbocycles. The van der Waals surface area contributed by atoms with Crippen molar-refractivity contribution in [2.45, 2.75) is 53.2 Å². The van der Waals surface area contributed by atoms with Crippen molar-refractivity contribution in [1.29, 1.82) is 0 Å². The van der Waals surface area contributed by atoms with Crippen molar-refractivity contribution in [3.05, 3.63) is 34.4 Å². The number of carboxylic acids is 1. The van der Waals surface area contributed by atoms with E-state index in [1.807, 2.05) is 32.9 Å². The molecular formula is C16H23NO4. The Hall–Kier alpha value is -2.04. The topological polar surface area (TPSA) is 75.6 Å². The van der Waals surface area contributed by atoms with Gasteiger partial charge >= 0.3 is 12.1 Å². The first-order valence-electron chi connectivity index (χ1n) is 6.81. The zero-order valence-electron chi connectivity index (χ0n) is 13.4. The molecule has 0 spiro atoms. The lowest BCUT2D eigenvalue weighted by atomic mass is 9.94. The first kappa shape index (κ1) is 17.0. The van der Waals surface area contributed by atoms with Crippen molar-refractivity contribution in [3.63, 3.8) is 0 Å². The molecule has 1 atom stereocenters. The number of aliphatic carboxylic acids is 1. The van der Waals surface area contributed by atoms with E-state index in [9.17, 15) is 14.7 Å². The maximum Gasteiger partial charge on any atom is 0.408 e. The molecule has 5 heteroatoms. The number of hydrogen-bond donors (Lipinski definition) is 2. The van der Waals surface area contributed by atoms with Crippen LogP contribution in [0.2, 0.25) is 0 Å². The average molecular weight is 293 g/mol. The van der Waals surface area contributed by atoms with E-state index in [1.54, 1.807) is 20.8 Å². The second-order valence-electron chi connectivity index (χ2n) is 6.23. The van der Waals surface area contributed by atoms with Gasteiger partial charge in [0, 0.05) is 0 Å². The Labute approximate surface area is 125 Å². The number of benzene rings is 1. The van der Waals surface area contributed by atoms with Crippen LogP contribution in [0.1, 0.15) is 49.1 Å². The van der Waals surface area contributed by atoms with Crippen LogP contribution < -0.4 is 5.32 Å². The summed E-state index contributed by atoms with van der Waals surface area (Å²) in [7, 11) is 0. The third-order valence-corrected chi connectivity index (χ3v) is 2.93. The zero-order chi connectivity index (χ0) is 16.4. The van der Waals surface area contributed by atoms with Crippen LogP contribution in [0.3, 0.4) is 0 Å². The minimum Gasteiger partial charge on any atom is -0.479 e. The number of alkyl carbamates (subject to hydrolysis) is 1. The van der Waals surface area contributed by atoms with E-state index in [-0.39, 0.29) is 0 Å². The van der Waals surface area contributed by atoms with Crippen LogP contribution >= 0.6 is 0 Å². The van der Waals surface area contributed by atoms with Crippen LogP contribution in [0.5, 0.6) is 0 Å². The highest BCUT2D eigenvalue weighted by atomic mass is 16.6. The van der Waals surface area contributed by atoms with Gasteiger partial charge in [0.25, 0.3) is 0 Å². The van der Waals surface area contributed by atoms with E-state index in [0.29, 0.717) is 5.56 Å². The summed E-state index contributed by atoms with van der Waals surface area (Å²) in [6.07, 6.45) is -0.741. The Kier molecular flexibility index (Phi) is 4.99. The summed E-state index contributed by atoms with van der Waals surface area (Å²) in [5.74, 6) is -1.11. The summed E-state index contributed by atoms with van der Waals surface area (Å²) < 4.78 is 5.13. The van der Waals surface area contributed by atoms with Crippen LogP contribution in [0, 0.1) is 20.8 Å². The first-order chi connectivity index (χ1) is 9.51. The molecule has 21 heavy (non-hydrogen) atoms. The quantitative estimate of drug-likeness (QED) is 0.897. The predicted octanol–water partition coefficient (Wildman–Crippen LogP) is 3.26. The molecule has 0 aliphatic heterocycles. The molecular weight excluding hydrogens is 270 g/mol. The lowest BCUT2D eigenvalue weighted by molar-refractivity contribution is -0.139. The molecule has 0 radical (unpaired) electrons. The number of carbonyl (C=O) groups is 2. The highest BCUT2D eigenvalue weighted by molar-refractivity contribution is 5.82. The van der Waals surface area contributed by atoms with Gasteiger partial charge in [-0.25, -0.2) is 9.59 Å². The smallest absolute Gasteiger partial charge is 0.408 e. The molecule has 0 unspecified atom stereocenters. The standard InChI is InChI=1S/C16H23NO4/c1-9-7-10(2)12(11(3)8-9)13(14(18)19)17-15(20)21-16(4,5)6/h7-8,13H,1-6H3,(H,17,20)(H,18,19)/t13-/m0/s1. The molecule has 0 saturated heterocycles. The predicted molar refractivity (Wildman–Crippen MR) is 80.4 cm³/mol. The SMILES string of the molecule is Cc1cc(C)c([C@H](NC(=O)OC(C)(C)C)C(=O)O)c(C)c1. The summed E-state index contributed by atoms with van der Waals surface area (Å²) in [4.78, 5) is 23.4. The molecule has 0 heterocycles. The van der Waals surface area contributed by atoms with Crippen LogP contribution in [-0.2, 0) is 9.53 Å². The van der Waals surface area contributed by atoms with Gasteiger partial charge in [-0.15, -0.1) is 0 Å². The Morgan fingerprint density at radius 1 is 1.14 bits per heavy atom. The molecule has 116 valence electrons. The fraction of sp³-hybridized carbons (Fsp3) is 0.500. The van der Waals surface area contributed by atoms with Crippen molar-refractivity contribution in [2.75, 3.05) is 0 Å². The van der Waals surface area contributed by atoms with E-state index >= 15 is 0 Å². The third-order valence-electron chi connectivity index (χ3n) is 2.93. The maximum absolute atomic E-state index is 11.8. The number of nitrogens with one attached hydrogen (secondary N) is 1. The van der Waals surface area contributed by atoms with Crippen molar-refractivity contribution in [1.82, 2.24) is 5.32 Å². The van der Waals surface area contributed by atoms with Crippen molar-refractivity contribution >= 4 is 12.1 Å². The summed E-state index contributed by atoms with van der Waals surface area (Å²) in [6.45, 7) is 10.8. The highest BCUT2D eigenvalue weighted by Crippen LogP contribution is 2.24. The third kappa shape index (κ3) is 4.77. The molecule has 1 amide bonds. The fourth-order valence-electron chi connectivity index (χ4n) is 2.33. The van der Waals surface area contributed by atoms with E-state index in [0.717, 1.165) is 16.7 Å². The maximum atomic E-state index is 11.8. The fourth-order valence-corrected chi connectivity index (χ4v) is 2.33. The minimum absolute atomic E-state index is 0.596. The van der Waals surface area contributed by atoms with Crippen LogP contribution in [0.4, 0.5) is 4.79 Å². The summed E-state index contributed by atoms with van der Waals surface area (Å²) in [5, 5.41) is 11.9. The Morgan fingerprint density at radius 2 is 1.62 bits per heavy atom. The lowest BCUT2D eigenvalue weighted by Crippen LogP contribution is -2.38. The number of rotatable bonds is 3. The van der Waals surface area contributed by atoms with E-state index in [2.05, 4.69) is 5.32 Å². The molecule has 0 saturated carbocycles. The van der Waals surface area contributed by atoms with E-state index in [4.69, 9.17) is 4.74 Å². The monoisotopic (exact) mass is 293 g/mol. The first-order valence-corrected chi connectivity index (χ1v) is 6.81. The summed E-state index contributed by atoms with van der Waals surface area (Å²) in [5.41, 5.74) is 2.63. The molecule has 2 N–H and O–H groups in total. The number of carboxylic acid groups (broad SMARTS) is 1. The summed E-state index contributed by atoms with van der Waals surface area (Å²) >= 11 is 0. The Morgan fingerprint density at radius 3 is 2.00 bits per heavy atom. The molecule has 0 fully saturated rings. The van der Waals surface area contributed by atoms with Gasteiger partial charge in [0.05, 0.1) is 0 Å². The highest BCUT2D eigenvalue weighted by Gasteiger charge is 2.27. The normalized spacial score (nSPS) is 12.7. The second kappa shape index (κ2) is 6.16. The van der Waals surface area contributed by atoms with Crippen molar-refractivity contribution in [2.24, 2.45) is 0 Å². The molecule has 0 aliphatic rings. The van der Waals surface area contributed by atoms with Gasteiger partial charge in [0.2, 0.25) is 0 Å². The minimum atomic E-state index is -1.12. The summed E-state index contributed by atoms with van der Waals surface area (Å²) in [6, 6.07) is 2.67. The number of hydrogen-bond acceptors (Lipinski definition) is 3. The molecule has 0 bridgehead atoms. The largest absolute Gasteiger partial charge is 0.479 e. The number of amides is 1. The van der Waals surface area contributed by atoms with Gasteiger partial charge in [-0.1, -0.05) is 17.7 Å². The Balaban J connectivity index is 3.09. The van der Waals surface area contributed by atoms with E-state index in [1.165, 1.54) is 0 Å². The molecule has 5 nitrogen and oxygen atoms in total. The van der Waals surface area contributed by atoms with Crippen molar-refractivity contribution < 1.29 is 19.4 Å². The number of ether oxygens (including phenoxy) is 1. The van der Waals surface area contributed by atoms with Gasteiger partial charge < -0.3 is 15.2 Å². The van der Waals surface area contributed by atoms with Gasteiger partial charge in [-0.05, 0) is 58.2 Å². The second-order valence-corrected chi connectivity index (χ2v) is 6.23. The van der Waals surface area contributed by atoms with Gasteiger partial charge in [-0.3, -0.25) is 0 Å². The van der Waals surface area contributed by atoms with Gasteiger partial charge in [0.1, 0.15) is 5.60 Å². The number of carbonyl (C=O) groups excluding carboxylic acids is 1. The molecule has 1 aromatic rings. The van der Waals surface area contributed by atoms with Crippen molar-refractivity contribution in [3.8, 4) is 0 Å². The van der Waals surface area contributed by atoms with Crippen LogP contribution in [0.25, 0.3) is 0 Å². The number of aryl methyl sites for hydroxylation is 3. The lowest BCUT2D eigenvalue weighted by Gasteiger charge is -2.24. The average Bonchev–Trinajstić information content (AvgIpc) is 2.23. The van der Waals surface area contributed by atoms with Gasteiger partial charge in [-0.2, -0.15) is 0 Å². The van der Waals surface area contributed by atoms with E-state index < -0.39 is 23.7 Å². The molecule has 1 aromatic carbocycles. The van der Waals surface area contributed by atoms with Crippen LogP contribution in [-0.4, -0.2) is 22.8 Å². The van der Waals surface area contributed by atoms with Crippen LogP contribution in [0.15, 0.2) is 12.1 Å². The van der Waals surface area contributed by atoms with Gasteiger partial charge in [0.15, 0.2) is 6.04 Å². The zero-order valence-corrected chi connectivity index (χ0v) is 13.4.